The Morgan fingerprint density at radius 2 is 1.83 bits per heavy atom. The highest BCUT2D eigenvalue weighted by molar-refractivity contribution is 9.10. The molecule has 0 radical (unpaired) electrons. The number of hydrogen-bond donors (Lipinski definition) is 0. The van der Waals surface area contributed by atoms with Crippen LogP contribution in [0.2, 0.25) is 0 Å². The van der Waals surface area contributed by atoms with Crippen molar-refractivity contribution in [3.8, 4) is 0 Å². The smallest absolute Gasteiger partial charge is 0.284 e. The molecule has 2 aromatic carbocycles. The molecule has 1 fully saturated rings. The molecule has 2 aliphatic heterocycles. The van der Waals surface area contributed by atoms with Gasteiger partial charge in [0.05, 0.1) is 15.6 Å². The van der Waals surface area contributed by atoms with Crippen molar-refractivity contribution in [3.05, 3.63) is 75.6 Å². The van der Waals surface area contributed by atoms with Crippen LogP contribution in [0.25, 0.3) is 0 Å². The Labute approximate surface area is 191 Å². The maximum atomic E-state index is 13.1. The Morgan fingerprint density at radius 3 is 2.50 bits per heavy atom. The molecule has 0 bridgehead atoms. The van der Waals surface area contributed by atoms with Gasteiger partial charge >= 0.3 is 0 Å². The Kier molecular flexibility index (Phi) is 5.84. The summed E-state index contributed by atoms with van der Waals surface area (Å²) in [5.74, 6) is -0.285. The van der Waals surface area contributed by atoms with Gasteiger partial charge in [-0.3, -0.25) is 9.69 Å². The van der Waals surface area contributed by atoms with E-state index in [1.54, 1.807) is 18.2 Å². The number of hydrogen-bond acceptors (Lipinski definition) is 6. The molecule has 2 aliphatic rings. The van der Waals surface area contributed by atoms with Crippen molar-refractivity contribution in [1.29, 1.82) is 0 Å². The van der Waals surface area contributed by atoms with Crippen LogP contribution >= 0.6 is 39.5 Å². The molecule has 4 rings (SSSR count). The number of thioether (sulfide) groups is 2. The van der Waals surface area contributed by atoms with E-state index in [1.165, 1.54) is 28.8 Å². The van der Waals surface area contributed by atoms with Gasteiger partial charge in [-0.1, -0.05) is 45.9 Å². The lowest BCUT2D eigenvalue weighted by Crippen LogP contribution is -2.30. The van der Waals surface area contributed by atoms with Crippen LogP contribution < -0.4 is 4.90 Å². The molecule has 1 saturated heterocycles. The van der Waals surface area contributed by atoms with Crippen LogP contribution in [-0.4, -0.2) is 38.0 Å². The second-order valence-corrected chi connectivity index (χ2v) is 10.9. The van der Waals surface area contributed by atoms with Gasteiger partial charge in [0.25, 0.3) is 15.9 Å². The molecule has 154 valence electrons. The van der Waals surface area contributed by atoms with Crippen LogP contribution in [0.4, 0.5) is 5.69 Å². The van der Waals surface area contributed by atoms with E-state index in [1.807, 2.05) is 36.2 Å². The SMILES string of the molecule is C=CCN1C(=O)C(=C2Sc3ccccc3N2C)SC1=NS(=O)(=O)c1ccc(Br)cc1. The van der Waals surface area contributed by atoms with Crippen LogP contribution in [0.1, 0.15) is 0 Å². The number of anilines is 1. The van der Waals surface area contributed by atoms with E-state index in [-0.39, 0.29) is 22.5 Å². The monoisotopic (exact) mass is 521 g/mol. The summed E-state index contributed by atoms with van der Waals surface area (Å²) >= 11 is 5.85. The highest BCUT2D eigenvalue weighted by atomic mass is 79.9. The first-order valence-corrected chi connectivity index (χ1v) is 12.6. The lowest BCUT2D eigenvalue weighted by molar-refractivity contribution is -0.121. The summed E-state index contributed by atoms with van der Waals surface area (Å²) in [6.07, 6.45) is 1.55. The van der Waals surface area contributed by atoms with Gasteiger partial charge in [-0.25, -0.2) is 0 Å². The van der Waals surface area contributed by atoms with Crippen molar-refractivity contribution in [1.82, 2.24) is 4.90 Å². The van der Waals surface area contributed by atoms with Gasteiger partial charge in [-0.2, -0.15) is 8.42 Å². The standard InChI is InChI=1S/C20H16BrN3O3S3/c1-3-12-24-18(25)17(19-23(2)15-6-4-5-7-16(15)28-19)29-20(24)22-30(26,27)14-10-8-13(21)9-11-14/h3-11H,1,12H2,2H3. The number of para-hydroxylation sites is 1. The molecule has 30 heavy (non-hydrogen) atoms. The fourth-order valence-corrected chi connectivity index (χ4v) is 6.76. The molecule has 0 aliphatic carbocycles. The van der Waals surface area contributed by atoms with Gasteiger partial charge in [0.1, 0.15) is 4.91 Å². The topological polar surface area (TPSA) is 70.1 Å². The van der Waals surface area contributed by atoms with Crippen LogP contribution in [0.5, 0.6) is 0 Å². The molecule has 0 N–H and O–H groups in total. The van der Waals surface area contributed by atoms with E-state index < -0.39 is 10.0 Å². The summed E-state index contributed by atoms with van der Waals surface area (Å²) in [6, 6.07) is 14.1. The van der Waals surface area contributed by atoms with Crippen LogP contribution in [0, 0.1) is 0 Å². The average molecular weight is 522 g/mol. The number of fused-ring (bicyclic) bond motifs is 1. The van der Waals surface area contributed by atoms with Crippen molar-refractivity contribution in [2.24, 2.45) is 4.40 Å². The zero-order valence-corrected chi connectivity index (χ0v) is 19.8. The number of amides is 1. The first kappa shape index (κ1) is 21.2. The number of rotatable bonds is 4. The van der Waals surface area contributed by atoms with E-state index in [0.29, 0.717) is 4.91 Å². The second kappa shape index (κ2) is 8.26. The minimum atomic E-state index is -3.97. The van der Waals surface area contributed by atoms with Crippen molar-refractivity contribution < 1.29 is 13.2 Å². The number of carbonyl (C=O) groups is 1. The number of sulfonamides is 1. The number of halogens is 1. The number of nitrogens with zero attached hydrogens (tertiary/aromatic N) is 3. The lowest BCUT2D eigenvalue weighted by atomic mass is 10.3. The zero-order chi connectivity index (χ0) is 21.5. The fourth-order valence-electron chi connectivity index (χ4n) is 2.96. The van der Waals surface area contributed by atoms with Gasteiger partial charge < -0.3 is 4.90 Å². The summed E-state index contributed by atoms with van der Waals surface area (Å²) < 4.78 is 30.4. The minimum absolute atomic E-state index is 0.0608. The van der Waals surface area contributed by atoms with E-state index in [2.05, 4.69) is 26.9 Å². The molecular weight excluding hydrogens is 506 g/mol. The third-order valence-electron chi connectivity index (χ3n) is 4.42. The highest BCUT2D eigenvalue weighted by Gasteiger charge is 2.39. The average Bonchev–Trinajstić information content (AvgIpc) is 3.20. The van der Waals surface area contributed by atoms with Crippen LogP contribution in [0.3, 0.4) is 0 Å². The molecule has 0 spiro atoms. The third kappa shape index (κ3) is 3.84. The van der Waals surface area contributed by atoms with Crippen LogP contribution in [0.15, 0.2) is 89.8 Å². The zero-order valence-electron chi connectivity index (χ0n) is 15.8. The molecule has 2 heterocycles. The van der Waals surface area contributed by atoms with Gasteiger partial charge in [0.15, 0.2) is 5.17 Å². The Hall–Kier alpha value is -2.01. The normalized spacial score (nSPS) is 20.2. The molecule has 0 atom stereocenters. The molecular formula is C20H16BrN3O3S3. The number of carbonyl (C=O) groups excluding carboxylic acids is 1. The van der Waals surface area contributed by atoms with E-state index in [4.69, 9.17) is 0 Å². The van der Waals surface area contributed by atoms with Crippen molar-refractivity contribution >= 4 is 66.2 Å². The predicted molar refractivity (Wildman–Crippen MR) is 126 cm³/mol. The fraction of sp³-hybridized carbons (Fsp3) is 0.100. The summed E-state index contributed by atoms with van der Waals surface area (Å²) in [6.45, 7) is 3.85. The molecule has 6 nitrogen and oxygen atoms in total. The molecule has 10 heteroatoms. The molecule has 0 saturated carbocycles. The molecule has 0 unspecified atom stereocenters. The van der Waals surface area contributed by atoms with Gasteiger partial charge in [0.2, 0.25) is 0 Å². The molecule has 2 aromatic rings. The quantitative estimate of drug-likeness (QED) is 0.430. The first-order chi connectivity index (χ1) is 14.3. The van der Waals surface area contributed by atoms with Gasteiger partial charge in [-0.15, -0.1) is 11.0 Å². The summed E-state index contributed by atoms with van der Waals surface area (Å²) in [5, 5.41) is 0.877. The van der Waals surface area contributed by atoms with Crippen molar-refractivity contribution in [2.45, 2.75) is 9.79 Å². The predicted octanol–water partition coefficient (Wildman–Crippen LogP) is 4.67. The summed E-state index contributed by atoms with van der Waals surface area (Å²) in [7, 11) is -2.08. The Balaban J connectivity index is 1.75. The highest BCUT2D eigenvalue weighted by Crippen LogP contribution is 2.49. The first-order valence-electron chi connectivity index (χ1n) is 8.78. The van der Waals surface area contributed by atoms with Crippen LogP contribution in [-0.2, 0) is 14.8 Å². The maximum absolute atomic E-state index is 13.1. The van der Waals surface area contributed by atoms with E-state index in [9.17, 15) is 13.2 Å². The van der Waals surface area contributed by atoms with Crippen molar-refractivity contribution in [2.75, 3.05) is 18.5 Å². The van der Waals surface area contributed by atoms with E-state index in [0.717, 1.165) is 31.8 Å². The molecule has 1 amide bonds. The third-order valence-corrected chi connectivity index (χ3v) is 8.77. The van der Waals surface area contributed by atoms with Gasteiger partial charge in [0, 0.05) is 23.0 Å². The second-order valence-electron chi connectivity index (χ2n) is 6.37. The number of amidine groups is 1. The summed E-state index contributed by atoms with van der Waals surface area (Å²) in [4.78, 5) is 18.0. The largest absolute Gasteiger partial charge is 0.337 e. The Bertz CT molecular complexity index is 1210. The number of benzene rings is 2. The van der Waals surface area contributed by atoms with Gasteiger partial charge in [-0.05, 0) is 48.2 Å². The van der Waals surface area contributed by atoms with Crippen molar-refractivity contribution in [3.63, 3.8) is 0 Å². The maximum Gasteiger partial charge on any atom is 0.284 e. The summed E-state index contributed by atoms with van der Waals surface area (Å²) in [5.41, 5.74) is 1.00. The molecule has 0 aromatic heterocycles. The van der Waals surface area contributed by atoms with E-state index >= 15 is 0 Å². The Morgan fingerprint density at radius 1 is 1.13 bits per heavy atom. The minimum Gasteiger partial charge on any atom is -0.337 e. The lowest BCUT2D eigenvalue weighted by Gasteiger charge is -2.15.